The van der Waals surface area contributed by atoms with Crippen LogP contribution in [0.2, 0.25) is 0 Å². The summed E-state index contributed by atoms with van der Waals surface area (Å²) in [7, 11) is 0. The molecule has 3 unspecified atom stereocenters. The molecule has 1 saturated heterocycles. The molecular formula is C28H38FNO3. The van der Waals surface area contributed by atoms with Gasteiger partial charge in [0.15, 0.2) is 0 Å². The van der Waals surface area contributed by atoms with Crippen molar-refractivity contribution in [2.24, 2.45) is 40.4 Å². The smallest absolute Gasteiger partial charge is 0.228 e. The molecule has 5 heteroatoms. The summed E-state index contributed by atoms with van der Waals surface area (Å²) in [6, 6.07) is 6.46. The summed E-state index contributed by atoms with van der Waals surface area (Å²) in [5, 5.41) is 13.8. The molecule has 4 aliphatic carbocycles. The molecule has 0 spiro atoms. The molecule has 5 aliphatic rings. The number of halogens is 1. The van der Waals surface area contributed by atoms with E-state index >= 15 is 0 Å². The second-order valence-electron chi connectivity index (χ2n) is 12.5. The largest absolute Gasteiger partial charge is 0.390 e. The van der Waals surface area contributed by atoms with Gasteiger partial charge in [-0.15, -0.1) is 0 Å². The average Bonchev–Trinajstić information content (AvgIpc) is 3.20. The second-order valence-corrected chi connectivity index (χ2v) is 12.5. The number of amides is 1. The minimum absolute atomic E-state index is 0.0169. The molecule has 180 valence electrons. The summed E-state index contributed by atoms with van der Waals surface area (Å²) in [6.45, 7) is 6.61. The number of carbonyl (C=O) groups excluding carboxylic acids is 1. The molecule has 0 radical (unpaired) electrons. The fourth-order valence-corrected chi connectivity index (χ4v) is 9.65. The molecule has 2 N–H and O–H groups in total. The van der Waals surface area contributed by atoms with Crippen molar-refractivity contribution in [1.29, 1.82) is 0 Å². The number of hydrogen-bond donors (Lipinski definition) is 2. The second kappa shape index (κ2) is 7.27. The maximum absolute atomic E-state index is 14.2. The van der Waals surface area contributed by atoms with Crippen molar-refractivity contribution in [1.82, 2.24) is 0 Å². The van der Waals surface area contributed by atoms with Gasteiger partial charge in [0, 0.05) is 11.3 Å². The van der Waals surface area contributed by atoms with Gasteiger partial charge in [-0.2, -0.15) is 0 Å². The van der Waals surface area contributed by atoms with Crippen LogP contribution in [0.15, 0.2) is 24.3 Å². The van der Waals surface area contributed by atoms with E-state index in [1.807, 2.05) is 6.92 Å². The van der Waals surface area contributed by atoms with Gasteiger partial charge in [-0.25, -0.2) is 4.39 Å². The maximum Gasteiger partial charge on any atom is 0.228 e. The molecular weight excluding hydrogens is 417 g/mol. The Kier molecular flexibility index (Phi) is 4.85. The van der Waals surface area contributed by atoms with E-state index in [-0.39, 0.29) is 46.4 Å². The summed E-state index contributed by atoms with van der Waals surface area (Å²) in [5.41, 5.74) is -0.135. The van der Waals surface area contributed by atoms with Crippen LogP contribution in [0.3, 0.4) is 0 Å². The van der Waals surface area contributed by atoms with E-state index < -0.39 is 5.60 Å². The molecule has 10 atom stereocenters. The summed E-state index contributed by atoms with van der Waals surface area (Å²) in [4.78, 5) is 13.3. The first-order valence-electron chi connectivity index (χ1n) is 13.1. The van der Waals surface area contributed by atoms with E-state index in [1.54, 1.807) is 18.2 Å². The number of para-hydroxylation sites is 1. The van der Waals surface area contributed by atoms with Crippen molar-refractivity contribution in [3.05, 3.63) is 30.1 Å². The maximum atomic E-state index is 14.2. The Bertz CT molecular complexity index is 964. The topological polar surface area (TPSA) is 58.6 Å². The molecule has 1 aromatic carbocycles. The molecule has 1 aromatic rings. The monoisotopic (exact) mass is 455 g/mol. The molecule has 6 rings (SSSR count). The summed E-state index contributed by atoms with van der Waals surface area (Å²) in [5.74, 6) is 1.73. The lowest BCUT2D eigenvalue weighted by molar-refractivity contribution is -0.147. The lowest BCUT2D eigenvalue weighted by Crippen LogP contribution is -2.59. The molecule has 2 bridgehead atoms. The third kappa shape index (κ3) is 3.03. The van der Waals surface area contributed by atoms with Crippen LogP contribution >= 0.6 is 0 Å². The number of hydrogen-bond acceptors (Lipinski definition) is 3. The number of aliphatic hydroxyl groups is 1. The fraction of sp³-hybridized carbons (Fsp3) is 0.750. The van der Waals surface area contributed by atoms with E-state index in [1.165, 1.54) is 6.07 Å². The van der Waals surface area contributed by atoms with E-state index in [0.717, 1.165) is 51.4 Å². The zero-order valence-electron chi connectivity index (χ0n) is 20.1. The highest BCUT2D eigenvalue weighted by molar-refractivity contribution is 5.93. The van der Waals surface area contributed by atoms with Crippen molar-refractivity contribution in [2.75, 3.05) is 5.32 Å². The number of ether oxygens (including phenoxy) is 1. The van der Waals surface area contributed by atoms with Gasteiger partial charge >= 0.3 is 0 Å². The van der Waals surface area contributed by atoms with Crippen molar-refractivity contribution < 1.29 is 19.0 Å². The minimum atomic E-state index is -0.570. The Morgan fingerprint density at radius 3 is 2.67 bits per heavy atom. The zero-order valence-corrected chi connectivity index (χ0v) is 20.1. The van der Waals surface area contributed by atoms with Crippen LogP contribution in [0.1, 0.15) is 72.1 Å². The fourth-order valence-electron chi connectivity index (χ4n) is 9.65. The van der Waals surface area contributed by atoms with Gasteiger partial charge in [-0.05, 0) is 106 Å². The van der Waals surface area contributed by atoms with Crippen molar-refractivity contribution in [2.45, 2.75) is 89.9 Å². The summed E-state index contributed by atoms with van der Waals surface area (Å²) < 4.78 is 20.8. The molecule has 4 saturated carbocycles. The lowest BCUT2D eigenvalue weighted by Gasteiger charge is -2.61. The summed E-state index contributed by atoms with van der Waals surface area (Å²) >= 11 is 0. The normalized spacial score (nSPS) is 50.3. The van der Waals surface area contributed by atoms with Crippen LogP contribution < -0.4 is 5.32 Å². The van der Waals surface area contributed by atoms with Crippen LogP contribution in [-0.4, -0.2) is 28.8 Å². The van der Waals surface area contributed by atoms with Crippen LogP contribution in [0.5, 0.6) is 0 Å². The molecule has 5 fully saturated rings. The lowest BCUT2D eigenvalue weighted by atomic mass is 9.43. The molecule has 1 amide bonds. The standard InChI is InChI=1S/C28H38FNO3/c1-16-28-13-12-26(2,32)15-21(28)24(33-16)14-17-18-8-9-20(27(18,3)11-10-19(17)28)25(31)30-23-7-5-4-6-22(23)29/h4-7,16-21,24,32H,8-15H2,1-3H3,(H,30,31)/t16-,17+,18+,19?,20-,21?,24-,26-,27+,28?/m1/s1. The molecule has 1 heterocycles. The third-order valence-electron chi connectivity index (χ3n) is 11.1. The number of carbonyl (C=O) groups is 1. The Balaban J connectivity index is 1.27. The number of fused-ring (bicyclic) bond motifs is 3. The van der Waals surface area contributed by atoms with E-state index in [4.69, 9.17) is 4.74 Å². The number of anilines is 1. The average molecular weight is 456 g/mol. The van der Waals surface area contributed by atoms with Gasteiger partial charge in [0.25, 0.3) is 0 Å². The zero-order chi connectivity index (χ0) is 23.2. The highest BCUT2D eigenvalue weighted by atomic mass is 19.1. The Labute approximate surface area is 196 Å². The number of nitrogens with one attached hydrogen (secondary N) is 1. The van der Waals surface area contributed by atoms with Gasteiger partial charge < -0.3 is 15.2 Å². The van der Waals surface area contributed by atoms with Crippen LogP contribution in [0, 0.1) is 46.2 Å². The molecule has 4 nitrogen and oxygen atoms in total. The highest BCUT2D eigenvalue weighted by Gasteiger charge is 2.69. The number of benzene rings is 1. The van der Waals surface area contributed by atoms with Crippen LogP contribution in [0.25, 0.3) is 0 Å². The predicted molar refractivity (Wildman–Crippen MR) is 125 cm³/mol. The first kappa shape index (κ1) is 22.0. The van der Waals surface area contributed by atoms with Gasteiger partial charge in [0.1, 0.15) is 5.82 Å². The predicted octanol–water partition coefficient (Wildman–Crippen LogP) is 5.55. The van der Waals surface area contributed by atoms with E-state index in [9.17, 15) is 14.3 Å². The van der Waals surface area contributed by atoms with Crippen molar-refractivity contribution >= 4 is 11.6 Å². The SMILES string of the molecule is C[C@H]1O[C@@H]2C[C@@H]3C(CC[C@]4(C)[C@@H](C(=O)Nc5ccccc5F)CC[C@@H]34)C13CC[C@@](C)(O)CC23. The Hall–Kier alpha value is -1.46. The molecule has 0 aromatic heterocycles. The molecule has 33 heavy (non-hydrogen) atoms. The Morgan fingerprint density at radius 2 is 1.88 bits per heavy atom. The van der Waals surface area contributed by atoms with Gasteiger partial charge in [0.05, 0.1) is 23.5 Å². The van der Waals surface area contributed by atoms with Gasteiger partial charge in [0.2, 0.25) is 5.91 Å². The quantitative estimate of drug-likeness (QED) is 0.615. The van der Waals surface area contributed by atoms with Crippen molar-refractivity contribution in [3.8, 4) is 0 Å². The molecule has 1 aliphatic heterocycles. The van der Waals surface area contributed by atoms with Gasteiger partial charge in [-0.1, -0.05) is 19.1 Å². The van der Waals surface area contributed by atoms with Crippen molar-refractivity contribution in [3.63, 3.8) is 0 Å². The first-order valence-corrected chi connectivity index (χ1v) is 13.1. The number of rotatable bonds is 2. The Morgan fingerprint density at radius 1 is 1.09 bits per heavy atom. The minimum Gasteiger partial charge on any atom is -0.390 e. The van der Waals surface area contributed by atoms with Gasteiger partial charge in [-0.3, -0.25) is 4.79 Å². The van der Waals surface area contributed by atoms with E-state index in [2.05, 4.69) is 19.2 Å². The first-order chi connectivity index (χ1) is 15.7. The van der Waals surface area contributed by atoms with Crippen LogP contribution in [-0.2, 0) is 9.53 Å². The highest BCUT2D eigenvalue weighted by Crippen LogP contribution is 2.71. The van der Waals surface area contributed by atoms with Crippen LogP contribution in [0.4, 0.5) is 10.1 Å². The summed E-state index contributed by atoms with van der Waals surface area (Å²) in [6.07, 6.45) is 8.50. The third-order valence-corrected chi connectivity index (χ3v) is 11.1. The van der Waals surface area contributed by atoms with E-state index in [0.29, 0.717) is 23.7 Å².